The van der Waals surface area contributed by atoms with Crippen LogP contribution in [0.5, 0.6) is 0 Å². The predicted octanol–water partition coefficient (Wildman–Crippen LogP) is 2.90. The van der Waals surface area contributed by atoms with Crippen LogP contribution in [-0.2, 0) is 6.54 Å². The molecule has 1 aromatic rings. The monoisotopic (exact) mass is 299 g/mol. The van der Waals surface area contributed by atoms with Gasteiger partial charge in [0.15, 0.2) is 5.82 Å². The summed E-state index contributed by atoms with van der Waals surface area (Å²) in [7, 11) is 0. The molecule has 0 saturated carbocycles. The Morgan fingerprint density at radius 1 is 1.15 bits per heavy atom. The standard InChI is InChI=1S/C14H29N5S/c1-12(2)11-15-13(3)14-16-17-18-19(14)9-7-5-6-8-10-20-4/h12-13,15H,5-11H2,1-4H3. The number of thioether (sulfide) groups is 1. The maximum atomic E-state index is 4.16. The maximum Gasteiger partial charge on any atom is 0.167 e. The molecule has 0 spiro atoms. The Labute approximate surface area is 127 Å². The van der Waals surface area contributed by atoms with Crippen molar-refractivity contribution < 1.29 is 0 Å². The molecule has 0 aliphatic carbocycles. The summed E-state index contributed by atoms with van der Waals surface area (Å²) in [5.74, 6) is 2.86. The summed E-state index contributed by atoms with van der Waals surface area (Å²) in [6.45, 7) is 8.45. The molecule has 0 amide bonds. The van der Waals surface area contributed by atoms with Crippen molar-refractivity contribution in [2.75, 3.05) is 18.6 Å². The van der Waals surface area contributed by atoms with Crippen molar-refractivity contribution in [2.24, 2.45) is 5.92 Å². The lowest BCUT2D eigenvalue weighted by Gasteiger charge is -2.15. The van der Waals surface area contributed by atoms with Crippen LogP contribution in [0.15, 0.2) is 0 Å². The Morgan fingerprint density at radius 2 is 1.90 bits per heavy atom. The summed E-state index contributed by atoms with van der Waals surface area (Å²) >= 11 is 1.93. The average molecular weight is 299 g/mol. The largest absolute Gasteiger partial charge is 0.307 e. The van der Waals surface area contributed by atoms with Crippen LogP contribution in [0.1, 0.15) is 58.3 Å². The first-order valence-electron chi connectivity index (χ1n) is 7.63. The van der Waals surface area contributed by atoms with Gasteiger partial charge in [-0.1, -0.05) is 26.7 Å². The van der Waals surface area contributed by atoms with Gasteiger partial charge in [0.05, 0.1) is 6.04 Å². The summed E-state index contributed by atoms with van der Waals surface area (Å²) < 4.78 is 1.95. The molecule has 1 heterocycles. The number of nitrogens with zero attached hydrogens (tertiary/aromatic N) is 4. The predicted molar refractivity (Wildman–Crippen MR) is 85.9 cm³/mol. The number of aromatic nitrogens is 4. The number of rotatable bonds is 11. The van der Waals surface area contributed by atoms with Gasteiger partial charge >= 0.3 is 0 Å². The van der Waals surface area contributed by atoms with Crippen molar-refractivity contribution in [3.63, 3.8) is 0 Å². The average Bonchev–Trinajstić information content (AvgIpc) is 2.88. The third-order valence-corrected chi connectivity index (χ3v) is 3.94. The molecule has 116 valence electrons. The second kappa shape index (κ2) is 10.2. The van der Waals surface area contributed by atoms with Crippen molar-refractivity contribution >= 4 is 11.8 Å². The Morgan fingerprint density at radius 3 is 2.60 bits per heavy atom. The van der Waals surface area contributed by atoms with E-state index in [1.54, 1.807) is 0 Å². The Balaban J connectivity index is 2.30. The van der Waals surface area contributed by atoms with E-state index in [9.17, 15) is 0 Å². The molecule has 6 heteroatoms. The lowest BCUT2D eigenvalue weighted by molar-refractivity contribution is 0.443. The molecule has 1 aromatic heterocycles. The first kappa shape index (κ1) is 17.4. The van der Waals surface area contributed by atoms with E-state index in [0.717, 1.165) is 25.3 Å². The molecule has 20 heavy (non-hydrogen) atoms. The molecule has 5 nitrogen and oxygen atoms in total. The van der Waals surface area contributed by atoms with Gasteiger partial charge < -0.3 is 5.32 Å². The molecule has 1 rings (SSSR count). The second-order valence-corrected chi connectivity index (χ2v) is 6.68. The molecule has 0 aliphatic rings. The molecule has 1 unspecified atom stereocenters. The number of unbranched alkanes of at least 4 members (excludes halogenated alkanes) is 3. The zero-order valence-electron chi connectivity index (χ0n) is 13.3. The van der Waals surface area contributed by atoms with Gasteiger partial charge in [0.2, 0.25) is 0 Å². The normalized spacial score (nSPS) is 13.1. The fourth-order valence-corrected chi connectivity index (χ4v) is 2.54. The fourth-order valence-electron chi connectivity index (χ4n) is 2.05. The van der Waals surface area contributed by atoms with E-state index in [-0.39, 0.29) is 6.04 Å². The van der Waals surface area contributed by atoms with E-state index in [2.05, 4.69) is 47.9 Å². The molecule has 1 atom stereocenters. The highest BCUT2D eigenvalue weighted by atomic mass is 32.2. The lowest BCUT2D eigenvalue weighted by Crippen LogP contribution is -2.26. The van der Waals surface area contributed by atoms with Crippen molar-refractivity contribution in [1.29, 1.82) is 0 Å². The fraction of sp³-hybridized carbons (Fsp3) is 0.929. The van der Waals surface area contributed by atoms with Crippen LogP contribution < -0.4 is 5.32 Å². The molecule has 0 fully saturated rings. The molecule has 0 saturated heterocycles. The van der Waals surface area contributed by atoms with E-state index < -0.39 is 0 Å². The number of nitrogens with one attached hydrogen (secondary N) is 1. The summed E-state index contributed by atoms with van der Waals surface area (Å²) in [6.07, 6.45) is 7.20. The van der Waals surface area contributed by atoms with E-state index in [1.807, 2.05) is 16.4 Å². The van der Waals surface area contributed by atoms with Crippen LogP contribution in [0.25, 0.3) is 0 Å². The smallest absolute Gasteiger partial charge is 0.167 e. The van der Waals surface area contributed by atoms with Crippen molar-refractivity contribution in [1.82, 2.24) is 25.5 Å². The summed E-state index contributed by atoms with van der Waals surface area (Å²) in [6, 6.07) is 0.212. The minimum atomic E-state index is 0.212. The number of hydrogen-bond acceptors (Lipinski definition) is 5. The third-order valence-electron chi connectivity index (χ3n) is 3.25. The van der Waals surface area contributed by atoms with Gasteiger partial charge in [-0.05, 0) is 54.7 Å². The second-order valence-electron chi connectivity index (χ2n) is 5.69. The topological polar surface area (TPSA) is 55.6 Å². The summed E-state index contributed by atoms with van der Waals surface area (Å²) in [5, 5.41) is 15.6. The van der Waals surface area contributed by atoms with Crippen LogP contribution in [-0.4, -0.2) is 38.8 Å². The van der Waals surface area contributed by atoms with Gasteiger partial charge in [-0.2, -0.15) is 11.8 Å². The van der Waals surface area contributed by atoms with Crippen LogP contribution in [0, 0.1) is 5.92 Å². The Bertz CT molecular complexity index is 353. The van der Waals surface area contributed by atoms with Gasteiger partial charge in [0.1, 0.15) is 0 Å². The highest BCUT2D eigenvalue weighted by Gasteiger charge is 2.13. The van der Waals surface area contributed by atoms with Gasteiger partial charge in [-0.25, -0.2) is 4.68 Å². The van der Waals surface area contributed by atoms with Gasteiger partial charge in [0.25, 0.3) is 0 Å². The zero-order valence-corrected chi connectivity index (χ0v) is 14.1. The zero-order chi connectivity index (χ0) is 14.8. The van der Waals surface area contributed by atoms with Gasteiger partial charge in [0, 0.05) is 6.54 Å². The Hall–Kier alpha value is -0.620. The quantitative estimate of drug-likeness (QED) is 0.637. The SMILES string of the molecule is CSCCCCCCn1nnnc1C(C)NCC(C)C. The van der Waals surface area contributed by atoms with Crippen molar-refractivity contribution in [2.45, 2.75) is 59.0 Å². The first-order valence-corrected chi connectivity index (χ1v) is 9.03. The van der Waals surface area contributed by atoms with Gasteiger partial charge in [-0.3, -0.25) is 0 Å². The van der Waals surface area contributed by atoms with E-state index in [1.165, 1.54) is 25.0 Å². The molecule has 0 aliphatic heterocycles. The number of tetrazole rings is 1. The van der Waals surface area contributed by atoms with Gasteiger partial charge in [-0.15, -0.1) is 5.10 Å². The maximum absolute atomic E-state index is 4.16. The van der Waals surface area contributed by atoms with E-state index >= 15 is 0 Å². The Kier molecular flexibility index (Phi) is 8.85. The van der Waals surface area contributed by atoms with Crippen molar-refractivity contribution in [3.05, 3.63) is 5.82 Å². The van der Waals surface area contributed by atoms with E-state index in [4.69, 9.17) is 0 Å². The molecule has 0 radical (unpaired) electrons. The summed E-state index contributed by atoms with van der Waals surface area (Å²) in [4.78, 5) is 0. The molecule has 1 N–H and O–H groups in total. The minimum Gasteiger partial charge on any atom is -0.307 e. The third kappa shape index (κ3) is 6.70. The van der Waals surface area contributed by atoms with Crippen LogP contribution in [0.2, 0.25) is 0 Å². The van der Waals surface area contributed by atoms with Crippen LogP contribution in [0.4, 0.5) is 0 Å². The molecule has 0 bridgehead atoms. The highest BCUT2D eigenvalue weighted by molar-refractivity contribution is 7.98. The number of hydrogen-bond donors (Lipinski definition) is 1. The van der Waals surface area contributed by atoms with Crippen molar-refractivity contribution in [3.8, 4) is 0 Å². The number of aryl methyl sites for hydroxylation is 1. The lowest BCUT2D eigenvalue weighted by atomic mass is 10.2. The van der Waals surface area contributed by atoms with Crippen LogP contribution >= 0.6 is 11.8 Å². The first-order chi connectivity index (χ1) is 9.65. The van der Waals surface area contributed by atoms with E-state index in [0.29, 0.717) is 5.92 Å². The highest BCUT2D eigenvalue weighted by Crippen LogP contribution is 2.10. The summed E-state index contributed by atoms with van der Waals surface area (Å²) in [5.41, 5.74) is 0. The minimum absolute atomic E-state index is 0.212. The van der Waals surface area contributed by atoms with Crippen LogP contribution in [0.3, 0.4) is 0 Å². The molecular formula is C14H29N5S. The molecular weight excluding hydrogens is 270 g/mol. The molecule has 0 aromatic carbocycles.